The van der Waals surface area contributed by atoms with Crippen LogP contribution < -0.4 is 4.72 Å². The number of ether oxygens (including phenoxy) is 1. The van der Waals surface area contributed by atoms with E-state index in [-0.39, 0.29) is 4.90 Å². The molecular formula is C22H25NO5S. The standard InChI is InChI=1S/C22H25NO5S/c1-13-7-9-15(10-8-13)29(25,26)23-17-12-16-18(11-14(17)2)28-20(22(3,4)5)19(16)21(24)27-6/h7-12,23H,1-6H3. The van der Waals surface area contributed by atoms with Crippen molar-refractivity contribution in [2.24, 2.45) is 0 Å². The lowest BCUT2D eigenvalue weighted by molar-refractivity contribution is 0.0598. The summed E-state index contributed by atoms with van der Waals surface area (Å²) in [5.41, 5.74) is 2.41. The molecule has 0 fully saturated rings. The summed E-state index contributed by atoms with van der Waals surface area (Å²) in [5, 5.41) is 0.508. The minimum Gasteiger partial charge on any atom is -0.465 e. The first-order chi connectivity index (χ1) is 13.4. The Morgan fingerprint density at radius 3 is 2.24 bits per heavy atom. The van der Waals surface area contributed by atoms with Crippen LogP contribution in [-0.2, 0) is 20.2 Å². The first kappa shape index (κ1) is 20.9. The Hall–Kier alpha value is -2.80. The van der Waals surface area contributed by atoms with Gasteiger partial charge in [0.2, 0.25) is 0 Å². The first-order valence-corrected chi connectivity index (χ1v) is 10.7. The van der Waals surface area contributed by atoms with Crippen LogP contribution in [0.15, 0.2) is 45.7 Å². The molecule has 0 aliphatic heterocycles. The summed E-state index contributed by atoms with van der Waals surface area (Å²) < 4.78 is 39.2. The van der Waals surface area contributed by atoms with E-state index in [0.29, 0.717) is 33.5 Å². The fourth-order valence-corrected chi connectivity index (χ4v) is 4.23. The number of furan rings is 1. The van der Waals surface area contributed by atoms with Crippen LogP contribution in [0, 0.1) is 13.8 Å². The monoisotopic (exact) mass is 415 g/mol. The van der Waals surface area contributed by atoms with Gasteiger partial charge in [0, 0.05) is 10.8 Å². The summed E-state index contributed by atoms with van der Waals surface area (Å²) in [4.78, 5) is 12.6. The van der Waals surface area contributed by atoms with Crippen molar-refractivity contribution in [2.75, 3.05) is 11.8 Å². The van der Waals surface area contributed by atoms with Crippen LogP contribution in [0.3, 0.4) is 0 Å². The maximum Gasteiger partial charge on any atom is 0.342 e. The second kappa shape index (κ2) is 7.22. The molecule has 1 heterocycles. The summed E-state index contributed by atoms with van der Waals surface area (Å²) >= 11 is 0. The van der Waals surface area contributed by atoms with E-state index in [1.54, 1.807) is 43.3 Å². The second-order valence-corrected chi connectivity index (χ2v) is 9.81. The molecule has 154 valence electrons. The normalized spacial score (nSPS) is 12.2. The van der Waals surface area contributed by atoms with E-state index in [9.17, 15) is 13.2 Å². The van der Waals surface area contributed by atoms with Crippen LogP contribution in [0.5, 0.6) is 0 Å². The summed E-state index contributed by atoms with van der Waals surface area (Å²) in [6, 6.07) is 9.95. The molecule has 1 aromatic heterocycles. The lowest BCUT2D eigenvalue weighted by Gasteiger charge is -2.16. The van der Waals surface area contributed by atoms with Crippen molar-refractivity contribution >= 4 is 32.6 Å². The van der Waals surface area contributed by atoms with Crippen molar-refractivity contribution < 1.29 is 22.4 Å². The molecule has 0 unspecified atom stereocenters. The van der Waals surface area contributed by atoms with Gasteiger partial charge in [0.05, 0.1) is 17.7 Å². The topological polar surface area (TPSA) is 85.6 Å². The smallest absolute Gasteiger partial charge is 0.342 e. The zero-order valence-electron chi connectivity index (χ0n) is 17.4. The molecule has 0 saturated heterocycles. The summed E-state index contributed by atoms with van der Waals surface area (Å²) in [6.07, 6.45) is 0. The maximum atomic E-state index is 12.8. The largest absolute Gasteiger partial charge is 0.465 e. The van der Waals surface area contributed by atoms with Gasteiger partial charge >= 0.3 is 5.97 Å². The highest BCUT2D eigenvalue weighted by Crippen LogP contribution is 2.37. The number of anilines is 1. The van der Waals surface area contributed by atoms with Crippen molar-refractivity contribution in [3.05, 3.63) is 58.8 Å². The lowest BCUT2D eigenvalue weighted by Crippen LogP contribution is -2.16. The summed E-state index contributed by atoms with van der Waals surface area (Å²) in [5.74, 6) is -0.0258. The molecule has 6 nitrogen and oxygen atoms in total. The number of methoxy groups -OCH3 is 1. The molecule has 0 amide bonds. The van der Waals surface area contributed by atoms with Crippen LogP contribution in [0.4, 0.5) is 5.69 Å². The Morgan fingerprint density at radius 1 is 1.07 bits per heavy atom. The Balaban J connectivity index is 2.16. The number of nitrogens with one attached hydrogen (secondary N) is 1. The maximum absolute atomic E-state index is 12.8. The van der Waals surface area contributed by atoms with Crippen molar-refractivity contribution in [1.29, 1.82) is 0 Å². The average Bonchev–Trinajstić information content (AvgIpc) is 3.00. The van der Waals surface area contributed by atoms with Gasteiger partial charge in [-0.25, -0.2) is 13.2 Å². The number of esters is 1. The van der Waals surface area contributed by atoms with Crippen molar-refractivity contribution in [1.82, 2.24) is 0 Å². The number of fused-ring (bicyclic) bond motifs is 1. The lowest BCUT2D eigenvalue weighted by atomic mass is 9.89. The average molecular weight is 416 g/mol. The number of hydrogen-bond donors (Lipinski definition) is 1. The van der Waals surface area contributed by atoms with E-state index < -0.39 is 21.4 Å². The van der Waals surface area contributed by atoms with Crippen LogP contribution in [0.1, 0.15) is 48.0 Å². The Morgan fingerprint density at radius 2 is 1.69 bits per heavy atom. The predicted octanol–water partition coefficient (Wildman–Crippen LogP) is 4.93. The van der Waals surface area contributed by atoms with Crippen molar-refractivity contribution in [2.45, 2.75) is 44.9 Å². The van der Waals surface area contributed by atoms with Gasteiger partial charge in [-0.15, -0.1) is 0 Å². The molecule has 2 aromatic carbocycles. The van der Waals surface area contributed by atoms with Crippen LogP contribution in [0.2, 0.25) is 0 Å². The Bertz CT molecular complexity index is 1180. The van der Waals surface area contributed by atoms with Gasteiger partial charge in [-0.2, -0.15) is 0 Å². The molecule has 0 bridgehead atoms. The van der Waals surface area contributed by atoms with E-state index >= 15 is 0 Å². The minimum atomic E-state index is -3.78. The molecule has 0 radical (unpaired) electrons. The Kier molecular flexibility index (Phi) is 5.21. The zero-order chi connectivity index (χ0) is 21.6. The van der Waals surface area contributed by atoms with Crippen molar-refractivity contribution in [3.8, 4) is 0 Å². The molecule has 0 aliphatic carbocycles. The summed E-state index contributed by atoms with van der Waals surface area (Å²) in [7, 11) is -2.47. The van der Waals surface area contributed by atoms with Gasteiger partial charge in [-0.3, -0.25) is 4.72 Å². The van der Waals surface area contributed by atoms with Gasteiger partial charge in [-0.05, 0) is 43.7 Å². The van der Waals surface area contributed by atoms with Gasteiger partial charge in [0.25, 0.3) is 10.0 Å². The van der Waals surface area contributed by atoms with Gasteiger partial charge in [-0.1, -0.05) is 38.5 Å². The molecular weight excluding hydrogens is 390 g/mol. The fraction of sp³-hybridized carbons (Fsp3) is 0.318. The van der Waals surface area contributed by atoms with Gasteiger partial charge in [0.15, 0.2) is 0 Å². The number of aryl methyl sites for hydroxylation is 2. The number of hydrogen-bond acceptors (Lipinski definition) is 5. The minimum absolute atomic E-state index is 0.165. The third kappa shape index (κ3) is 4.00. The van der Waals surface area contributed by atoms with E-state index in [1.165, 1.54) is 7.11 Å². The zero-order valence-corrected chi connectivity index (χ0v) is 18.2. The SMILES string of the molecule is COC(=O)c1c(C(C)(C)C)oc2cc(C)c(NS(=O)(=O)c3ccc(C)cc3)cc12. The fourth-order valence-electron chi connectivity index (χ4n) is 3.11. The molecule has 0 atom stereocenters. The molecule has 7 heteroatoms. The molecule has 0 aliphatic rings. The number of carbonyl (C=O) groups excluding carboxylic acids is 1. The number of rotatable bonds is 4. The highest BCUT2D eigenvalue weighted by atomic mass is 32.2. The number of benzene rings is 2. The predicted molar refractivity (Wildman–Crippen MR) is 113 cm³/mol. The second-order valence-electron chi connectivity index (χ2n) is 8.13. The third-order valence-electron chi connectivity index (χ3n) is 4.68. The van der Waals surface area contributed by atoms with Crippen LogP contribution >= 0.6 is 0 Å². The number of carbonyl (C=O) groups is 1. The van der Waals surface area contributed by atoms with Gasteiger partial charge in [0.1, 0.15) is 16.9 Å². The third-order valence-corrected chi connectivity index (χ3v) is 6.06. The first-order valence-electron chi connectivity index (χ1n) is 9.19. The van der Waals surface area contributed by atoms with E-state index in [1.807, 2.05) is 27.7 Å². The molecule has 0 spiro atoms. The molecule has 1 N–H and O–H groups in total. The van der Waals surface area contributed by atoms with Gasteiger partial charge < -0.3 is 9.15 Å². The Labute approximate surface area is 170 Å². The van der Waals surface area contributed by atoms with E-state index in [2.05, 4.69) is 4.72 Å². The molecule has 0 saturated carbocycles. The summed E-state index contributed by atoms with van der Waals surface area (Å²) in [6.45, 7) is 9.48. The van der Waals surface area contributed by atoms with E-state index in [0.717, 1.165) is 5.56 Å². The number of sulfonamides is 1. The van der Waals surface area contributed by atoms with Crippen LogP contribution in [0.25, 0.3) is 11.0 Å². The molecule has 3 aromatic rings. The highest BCUT2D eigenvalue weighted by molar-refractivity contribution is 7.92. The molecule has 29 heavy (non-hydrogen) atoms. The molecule has 3 rings (SSSR count). The van der Waals surface area contributed by atoms with Crippen molar-refractivity contribution in [3.63, 3.8) is 0 Å². The van der Waals surface area contributed by atoms with E-state index in [4.69, 9.17) is 9.15 Å². The highest BCUT2D eigenvalue weighted by Gasteiger charge is 2.30. The quantitative estimate of drug-likeness (QED) is 0.610. The van der Waals surface area contributed by atoms with Crippen LogP contribution in [-0.4, -0.2) is 21.5 Å².